The summed E-state index contributed by atoms with van der Waals surface area (Å²) in [5.41, 5.74) is 4.61. The van der Waals surface area contributed by atoms with E-state index in [0.717, 1.165) is 85.1 Å². The molecule has 1 aliphatic heterocycles. The number of hydrogen-bond acceptors (Lipinski definition) is 5. The summed E-state index contributed by atoms with van der Waals surface area (Å²) in [7, 11) is 0. The van der Waals surface area contributed by atoms with Crippen LogP contribution in [0.4, 0.5) is 4.39 Å². The lowest BCUT2D eigenvalue weighted by atomic mass is 9.90. The van der Waals surface area contributed by atoms with E-state index in [1.54, 1.807) is 11.3 Å². The predicted molar refractivity (Wildman–Crippen MR) is 179 cm³/mol. The monoisotopic (exact) mass is 674 g/mol. The molecule has 0 unspecified atom stereocenters. The average molecular weight is 676 g/mol. The fourth-order valence-electron chi connectivity index (χ4n) is 5.42. The molecule has 0 radical (unpaired) electrons. The van der Waals surface area contributed by atoms with Gasteiger partial charge >= 0.3 is 0 Å². The molecule has 0 amide bonds. The first-order valence-corrected chi connectivity index (χ1v) is 17.6. The van der Waals surface area contributed by atoms with Crippen molar-refractivity contribution >= 4 is 27.3 Å². The van der Waals surface area contributed by atoms with E-state index in [2.05, 4.69) is 67.9 Å². The summed E-state index contributed by atoms with van der Waals surface area (Å²) < 4.78 is 40.5. The molecule has 1 aromatic heterocycles. The van der Waals surface area contributed by atoms with E-state index in [0.29, 0.717) is 13.2 Å². The predicted octanol–water partition coefficient (Wildman–Crippen LogP) is 10.2. The molecule has 2 aromatic carbocycles. The topological polar surface area (TPSA) is 36.9 Å². The maximum Gasteiger partial charge on any atom is 0.123 e. The molecule has 3 aromatic rings. The second-order valence-corrected chi connectivity index (χ2v) is 13.6. The average Bonchev–Trinajstić information content (AvgIpc) is 3.46. The molecule has 0 aliphatic carbocycles. The second kappa shape index (κ2) is 17.8. The molecule has 2 heterocycles. The Kier molecular flexibility index (Phi) is 14.2. The maximum atomic E-state index is 13.5. The van der Waals surface area contributed by atoms with Crippen molar-refractivity contribution in [3.05, 3.63) is 80.4 Å². The van der Waals surface area contributed by atoms with Gasteiger partial charge in [0.2, 0.25) is 0 Å². The Morgan fingerprint density at radius 3 is 2.33 bits per heavy atom. The van der Waals surface area contributed by atoms with Crippen LogP contribution < -0.4 is 0 Å². The second-order valence-electron chi connectivity index (χ2n) is 11.5. The zero-order chi connectivity index (χ0) is 30.6. The Balaban J connectivity index is 1.61. The summed E-state index contributed by atoms with van der Waals surface area (Å²) >= 11 is 5.65. The zero-order valence-electron chi connectivity index (χ0n) is 26.2. The zero-order valence-corrected chi connectivity index (χ0v) is 28.6. The maximum absolute atomic E-state index is 13.5. The van der Waals surface area contributed by atoms with Crippen LogP contribution in [-0.4, -0.2) is 44.7 Å². The van der Waals surface area contributed by atoms with Crippen LogP contribution in [0.1, 0.15) is 93.4 Å². The Labute approximate surface area is 270 Å². The van der Waals surface area contributed by atoms with E-state index in [1.807, 2.05) is 12.1 Å². The summed E-state index contributed by atoms with van der Waals surface area (Å²) in [4.78, 5) is 2.40. The third-order valence-electron chi connectivity index (χ3n) is 8.00. The summed E-state index contributed by atoms with van der Waals surface area (Å²) in [5.74, 6) is -0.215. The number of aryl methyl sites for hydroxylation is 1. The van der Waals surface area contributed by atoms with E-state index < -0.39 is 0 Å². The molecular formula is C36H48BrFO4S. The van der Waals surface area contributed by atoms with E-state index in [1.165, 1.54) is 28.1 Å². The van der Waals surface area contributed by atoms with Gasteiger partial charge in [0.25, 0.3) is 0 Å². The van der Waals surface area contributed by atoms with Gasteiger partial charge in [-0.3, -0.25) is 0 Å². The van der Waals surface area contributed by atoms with Crippen LogP contribution in [-0.2, 0) is 25.4 Å². The fourth-order valence-corrected chi connectivity index (χ4v) is 7.14. The number of hydrogen-bond donors (Lipinski definition) is 0. The van der Waals surface area contributed by atoms with Crippen molar-refractivity contribution in [3.8, 4) is 10.4 Å². The van der Waals surface area contributed by atoms with Crippen LogP contribution >= 0.6 is 27.3 Å². The smallest absolute Gasteiger partial charge is 0.123 e. The highest BCUT2D eigenvalue weighted by atomic mass is 79.9. The van der Waals surface area contributed by atoms with Crippen LogP contribution in [0.5, 0.6) is 0 Å². The van der Waals surface area contributed by atoms with E-state index in [4.69, 9.17) is 18.9 Å². The van der Waals surface area contributed by atoms with Crippen LogP contribution in [0.2, 0.25) is 0 Å². The molecule has 7 heteroatoms. The molecule has 0 N–H and O–H groups in total. The Morgan fingerprint density at radius 1 is 0.907 bits per heavy atom. The first-order chi connectivity index (χ1) is 20.9. The number of thiophene rings is 1. The summed E-state index contributed by atoms with van der Waals surface area (Å²) in [5, 5.41) is 0. The van der Waals surface area contributed by atoms with Crippen LogP contribution in [0.15, 0.2) is 53.0 Å². The highest BCUT2D eigenvalue weighted by molar-refractivity contribution is 9.10. The van der Waals surface area contributed by atoms with Crippen molar-refractivity contribution in [3.63, 3.8) is 0 Å². The quantitative estimate of drug-likeness (QED) is 0.134. The van der Waals surface area contributed by atoms with E-state index in [9.17, 15) is 4.39 Å². The molecule has 4 atom stereocenters. The van der Waals surface area contributed by atoms with Gasteiger partial charge in [0.1, 0.15) is 18.0 Å². The molecule has 1 fully saturated rings. The van der Waals surface area contributed by atoms with Crippen LogP contribution in [0.3, 0.4) is 0 Å². The summed E-state index contributed by atoms with van der Waals surface area (Å²) in [6, 6.07) is 15.5. The van der Waals surface area contributed by atoms with Crippen molar-refractivity contribution in [1.82, 2.24) is 0 Å². The molecule has 1 aliphatic rings. The van der Waals surface area contributed by atoms with E-state index >= 15 is 0 Å². The number of unbranched alkanes of at least 4 members (excludes halogenated alkanes) is 3. The SMILES string of the molecule is CCCCOC[C@@H]1C[C@H](OCCCC)[C@@H](OCCCC)[C@H](c2cc(Cc3ccc(-c4ccc(F)cc4)s3)c(C)cc2Br)O1. The normalized spacial score (nSPS) is 20.5. The Morgan fingerprint density at radius 2 is 1.60 bits per heavy atom. The third-order valence-corrected chi connectivity index (χ3v) is 9.82. The van der Waals surface area contributed by atoms with Crippen molar-refractivity contribution in [2.45, 2.75) is 103 Å². The lowest BCUT2D eigenvalue weighted by molar-refractivity contribution is -0.213. The van der Waals surface area contributed by atoms with Gasteiger partial charge in [0.05, 0.1) is 18.8 Å². The first-order valence-electron chi connectivity index (χ1n) is 16.0. The van der Waals surface area contributed by atoms with Gasteiger partial charge in [-0.05, 0) is 78.8 Å². The largest absolute Gasteiger partial charge is 0.379 e. The molecule has 1 saturated heterocycles. The molecule has 0 bridgehead atoms. The minimum Gasteiger partial charge on any atom is -0.379 e. The van der Waals surface area contributed by atoms with Crippen LogP contribution in [0, 0.1) is 12.7 Å². The van der Waals surface area contributed by atoms with Crippen molar-refractivity contribution in [2.75, 3.05) is 26.4 Å². The molecule has 0 saturated carbocycles. The lowest BCUT2D eigenvalue weighted by Gasteiger charge is -2.42. The molecule has 0 spiro atoms. The Hall–Kier alpha value is -1.61. The Bertz CT molecular complexity index is 1250. The molecule has 236 valence electrons. The lowest BCUT2D eigenvalue weighted by Crippen LogP contribution is -2.48. The highest BCUT2D eigenvalue weighted by Crippen LogP contribution is 2.40. The van der Waals surface area contributed by atoms with Gasteiger partial charge in [0.15, 0.2) is 0 Å². The van der Waals surface area contributed by atoms with Gasteiger partial charge in [-0.2, -0.15) is 0 Å². The number of halogens is 2. The van der Waals surface area contributed by atoms with Gasteiger partial charge in [-0.15, -0.1) is 11.3 Å². The van der Waals surface area contributed by atoms with E-state index in [-0.39, 0.29) is 30.2 Å². The minimum atomic E-state index is -0.274. The molecule has 4 rings (SSSR count). The minimum absolute atomic E-state index is 0.0610. The van der Waals surface area contributed by atoms with Crippen LogP contribution in [0.25, 0.3) is 10.4 Å². The first kappa shape index (κ1) is 34.3. The van der Waals surface area contributed by atoms with Gasteiger partial charge < -0.3 is 18.9 Å². The van der Waals surface area contributed by atoms with Crippen molar-refractivity contribution in [1.29, 1.82) is 0 Å². The van der Waals surface area contributed by atoms with Crippen molar-refractivity contribution < 1.29 is 23.3 Å². The number of benzene rings is 2. The van der Waals surface area contributed by atoms with Gasteiger partial charge in [-0.25, -0.2) is 4.39 Å². The highest BCUT2D eigenvalue weighted by Gasteiger charge is 2.42. The molecule has 4 nitrogen and oxygen atoms in total. The molecular weight excluding hydrogens is 627 g/mol. The number of rotatable bonds is 17. The summed E-state index contributed by atoms with van der Waals surface area (Å²) in [6.45, 7) is 11.4. The fraction of sp³-hybridized carbons (Fsp3) is 0.556. The van der Waals surface area contributed by atoms with Gasteiger partial charge in [-0.1, -0.05) is 74.2 Å². The van der Waals surface area contributed by atoms with Gasteiger partial charge in [0, 0.05) is 46.9 Å². The standard InChI is InChI=1S/C36H48BrFO4S/c1-5-8-17-39-24-29-23-33(40-18-9-6-2)36(41-19-10-7-3)35(42-29)31-22-27(25(4)20-32(31)37)21-30-15-16-34(43-30)26-11-13-28(38)14-12-26/h11-16,20,22,29,33,35-36H,5-10,17-19,21,23-24H2,1-4H3/t29-,33-,35-,36+/m0/s1. The molecule has 43 heavy (non-hydrogen) atoms. The summed E-state index contributed by atoms with van der Waals surface area (Å²) in [6.07, 6.45) is 7.34. The van der Waals surface area contributed by atoms with Crippen molar-refractivity contribution in [2.24, 2.45) is 0 Å². The third kappa shape index (κ3) is 9.94. The number of ether oxygens (including phenoxy) is 4.